The topological polar surface area (TPSA) is 58.8 Å². The van der Waals surface area contributed by atoms with Crippen LogP contribution in [0.4, 0.5) is 0 Å². The lowest BCUT2D eigenvalue weighted by Gasteiger charge is -2.34. The molecule has 0 saturated carbocycles. The number of ether oxygens (including phenoxy) is 1. The van der Waals surface area contributed by atoms with Gasteiger partial charge >= 0.3 is 0 Å². The van der Waals surface area contributed by atoms with Crippen LogP contribution in [0.25, 0.3) is 11.1 Å². The monoisotopic (exact) mass is 391 g/mol. The lowest BCUT2D eigenvalue weighted by atomic mass is 10.1. The largest absolute Gasteiger partial charge is 0.484 e. The van der Waals surface area contributed by atoms with Gasteiger partial charge in [0.05, 0.1) is 5.69 Å². The highest BCUT2D eigenvalue weighted by Crippen LogP contribution is 2.22. The molecule has 0 atom stereocenters. The lowest BCUT2D eigenvalue weighted by molar-refractivity contribution is -0.135. The van der Waals surface area contributed by atoms with Gasteiger partial charge in [-0.2, -0.15) is 0 Å². The fraction of sp³-hybridized carbons (Fsp3) is 0.304. The van der Waals surface area contributed by atoms with Crippen LogP contribution in [0.2, 0.25) is 0 Å². The summed E-state index contributed by atoms with van der Waals surface area (Å²) in [6.07, 6.45) is 0. The Morgan fingerprint density at radius 2 is 1.69 bits per heavy atom. The van der Waals surface area contributed by atoms with Crippen LogP contribution in [0.3, 0.4) is 0 Å². The standard InChI is InChI=1S/C23H25N3O3/c1-18-15-21(24-29-18)16-25-11-13-26(14-12-25)23(27)17-28-22-9-7-20(8-10-22)19-5-3-2-4-6-19/h2-10,15H,11-14,16-17H2,1H3. The van der Waals surface area contributed by atoms with Crippen molar-refractivity contribution < 1.29 is 14.1 Å². The minimum atomic E-state index is 0.0223. The Kier molecular flexibility index (Phi) is 5.91. The minimum Gasteiger partial charge on any atom is -0.484 e. The van der Waals surface area contributed by atoms with Crippen LogP contribution in [-0.2, 0) is 11.3 Å². The van der Waals surface area contributed by atoms with Crippen molar-refractivity contribution in [2.75, 3.05) is 32.8 Å². The molecule has 1 fully saturated rings. The number of piperazine rings is 1. The number of hydrogen-bond acceptors (Lipinski definition) is 5. The number of aromatic nitrogens is 1. The van der Waals surface area contributed by atoms with E-state index in [0.717, 1.165) is 42.2 Å². The quantitative estimate of drug-likeness (QED) is 0.645. The third-order valence-electron chi connectivity index (χ3n) is 5.11. The number of nitrogens with zero attached hydrogens (tertiary/aromatic N) is 3. The number of amides is 1. The summed E-state index contributed by atoms with van der Waals surface area (Å²) in [5.74, 6) is 1.55. The minimum absolute atomic E-state index is 0.0223. The van der Waals surface area contributed by atoms with E-state index in [-0.39, 0.29) is 12.5 Å². The van der Waals surface area contributed by atoms with Gasteiger partial charge in [-0.25, -0.2) is 0 Å². The van der Waals surface area contributed by atoms with Crippen LogP contribution < -0.4 is 4.74 Å². The van der Waals surface area contributed by atoms with Crippen LogP contribution in [0.15, 0.2) is 65.2 Å². The van der Waals surface area contributed by atoms with Crippen molar-refractivity contribution in [3.63, 3.8) is 0 Å². The molecule has 0 unspecified atom stereocenters. The fourth-order valence-corrected chi connectivity index (χ4v) is 3.49. The molecule has 29 heavy (non-hydrogen) atoms. The summed E-state index contributed by atoms with van der Waals surface area (Å²) in [5, 5.41) is 4.04. The molecule has 2 aromatic carbocycles. The number of carbonyl (C=O) groups is 1. The van der Waals surface area contributed by atoms with Crippen molar-refractivity contribution in [3.8, 4) is 16.9 Å². The van der Waals surface area contributed by atoms with E-state index in [1.54, 1.807) is 0 Å². The first-order chi connectivity index (χ1) is 14.2. The molecule has 1 aliphatic heterocycles. The van der Waals surface area contributed by atoms with Gasteiger partial charge in [0, 0.05) is 38.8 Å². The maximum absolute atomic E-state index is 12.5. The highest BCUT2D eigenvalue weighted by atomic mass is 16.5. The Hall–Kier alpha value is -3.12. The summed E-state index contributed by atoms with van der Waals surface area (Å²) < 4.78 is 10.8. The van der Waals surface area contributed by atoms with Gasteiger partial charge in [0.2, 0.25) is 0 Å². The van der Waals surface area contributed by atoms with Gasteiger partial charge in [0.15, 0.2) is 6.61 Å². The van der Waals surface area contributed by atoms with Gasteiger partial charge in [-0.15, -0.1) is 0 Å². The van der Waals surface area contributed by atoms with E-state index in [9.17, 15) is 4.79 Å². The molecule has 0 bridgehead atoms. The van der Waals surface area contributed by atoms with Crippen molar-refractivity contribution in [2.45, 2.75) is 13.5 Å². The zero-order valence-corrected chi connectivity index (χ0v) is 16.6. The number of hydrogen-bond donors (Lipinski definition) is 0. The van der Waals surface area contributed by atoms with E-state index < -0.39 is 0 Å². The third kappa shape index (κ3) is 5.03. The van der Waals surface area contributed by atoms with Crippen LogP contribution in [-0.4, -0.2) is 53.6 Å². The Morgan fingerprint density at radius 1 is 1.00 bits per heavy atom. The number of aryl methyl sites for hydroxylation is 1. The highest BCUT2D eigenvalue weighted by Gasteiger charge is 2.22. The summed E-state index contributed by atoms with van der Waals surface area (Å²) in [5.41, 5.74) is 3.22. The van der Waals surface area contributed by atoms with Gasteiger partial charge in [-0.05, 0) is 30.2 Å². The molecule has 1 saturated heterocycles. The van der Waals surface area contributed by atoms with E-state index in [2.05, 4.69) is 22.2 Å². The van der Waals surface area contributed by atoms with E-state index >= 15 is 0 Å². The first-order valence-electron chi connectivity index (χ1n) is 9.88. The number of carbonyl (C=O) groups excluding carboxylic acids is 1. The first kappa shape index (κ1) is 19.2. The molecular formula is C23H25N3O3. The normalized spacial score (nSPS) is 14.7. The first-order valence-corrected chi connectivity index (χ1v) is 9.88. The van der Waals surface area contributed by atoms with E-state index in [4.69, 9.17) is 9.26 Å². The predicted octanol–water partition coefficient (Wildman–Crippen LogP) is 3.37. The third-order valence-corrected chi connectivity index (χ3v) is 5.11. The molecule has 4 rings (SSSR count). The summed E-state index contributed by atoms with van der Waals surface area (Å²) >= 11 is 0. The van der Waals surface area contributed by atoms with Gasteiger partial charge in [-0.3, -0.25) is 9.69 Å². The van der Waals surface area contributed by atoms with Gasteiger partial charge in [-0.1, -0.05) is 47.6 Å². The Bertz CT molecular complexity index is 930. The van der Waals surface area contributed by atoms with Crippen molar-refractivity contribution in [3.05, 3.63) is 72.1 Å². The average Bonchev–Trinajstić information content (AvgIpc) is 3.18. The molecule has 0 radical (unpaired) electrons. The summed E-state index contributed by atoms with van der Waals surface area (Å²) in [4.78, 5) is 16.6. The zero-order valence-electron chi connectivity index (χ0n) is 16.6. The molecule has 0 N–H and O–H groups in total. The Labute approximate surface area is 170 Å². The molecule has 1 aliphatic rings. The maximum Gasteiger partial charge on any atom is 0.260 e. The van der Waals surface area contributed by atoms with Gasteiger partial charge in [0.1, 0.15) is 11.5 Å². The SMILES string of the molecule is Cc1cc(CN2CCN(C(=O)COc3ccc(-c4ccccc4)cc3)CC2)no1. The molecule has 6 heteroatoms. The molecule has 0 aliphatic carbocycles. The molecule has 1 amide bonds. The summed E-state index contributed by atoms with van der Waals surface area (Å²) in [6.45, 7) is 5.75. The second kappa shape index (κ2) is 8.92. The second-order valence-electron chi connectivity index (χ2n) is 7.26. The Morgan fingerprint density at radius 3 is 2.34 bits per heavy atom. The smallest absolute Gasteiger partial charge is 0.260 e. The van der Waals surface area contributed by atoms with Crippen molar-refractivity contribution in [1.82, 2.24) is 15.0 Å². The Balaban J connectivity index is 1.23. The van der Waals surface area contributed by atoms with Crippen LogP contribution >= 0.6 is 0 Å². The van der Waals surface area contributed by atoms with Crippen molar-refractivity contribution in [1.29, 1.82) is 0 Å². The molecule has 1 aromatic heterocycles. The fourth-order valence-electron chi connectivity index (χ4n) is 3.49. The molecule has 3 aromatic rings. The second-order valence-corrected chi connectivity index (χ2v) is 7.26. The van der Waals surface area contributed by atoms with Gasteiger partial charge < -0.3 is 14.2 Å². The molecule has 0 spiro atoms. The number of rotatable bonds is 6. The summed E-state index contributed by atoms with van der Waals surface area (Å²) in [6, 6.07) is 20.0. The van der Waals surface area contributed by atoms with Crippen molar-refractivity contribution >= 4 is 5.91 Å². The maximum atomic E-state index is 12.5. The molecule has 150 valence electrons. The van der Waals surface area contributed by atoms with Crippen LogP contribution in [0.5, 0.6) is 5.75 Å². The van der Waals surface area contributed by atoms with Crippen LogP contribution in [0, 0.1) is 6.92 Å². The van der Waals surface area contributed by atoms with E-state index in [1.165, 1.54) is 0 Å². The van der Waals surface area contributed by atoms with Gasteiger partial charge in [0.25, 0.3) is 5.91 Å². The predicted molar refractivity (Wildman–Crippen MR) is 110 cm³/mol. The molecule has 6 nitrogen and oxygen atoms in total. The van der Waals surface area contributed by atoms with E-state index in [0.29, 0.717) is 18.8 Å². The molecular weight excluding hydrogens is 366 g/mol. The zero-order chi connectivity index (χ0) is 20.1. The lowest BCUT2D eigenvalue weighted by Crippen LogP contribution is -2.49. The number of benzene rings is 2. The molecule has 2 heterocycles. The van der Waals surface area contributed by atoms with Crippen LogP contribution in [0.1, 0.15) is 11.5 Å². The average molecular weight is 391 g/mol. The van der Waals surface area contributed by atoms with E-state index in [1.807, 2.05) is 60.4 Å². The summed E-state index contributed by atoms with van der Waals surface area (Å²) in [7, 11) is 0. The van der Waals surface area contributed by atoms with Crippen molar-refractivity contribution in [2.24, 2.45) is 0 Å². The highest BCUT2D eigenvalue weighted by molar-refractivity contribution is 5.78.